The summed E-state index contributed by atoms with van der Waals surface area (Å²) in [5.41, 5.74) is -2.53. The van der Waals surface area contributed by atoms with E-state index in [4.69, 9.17) is 0 Å². The van der Waals surface area contributed by atoms with Gasteiger partial charge in [-0.3, -0.25) is 4.79 Å². The lowest BCUT2D eigenvalue weighted by atomic mass is 9.48. The number of aromatic nitrogens is 3. The van der Waals surface area contributed by atoms with Gasteiger partial charge in [-0.1, -0.05) is 6.92 Å². The van der Waals surface area contributed by atoms with Gasteiger partial charge in [0.05, 0.1) is 6.42 Å². The third-order valence-corrected chi connectivity index (χ3v) is 9.74. The number of fused-ring (bicyclic) bond motifs is 5. The number of carbonyl (C=O) groups excluding carboxylic acids is 1. The van der Waals surface area contributed by atoms with E-state index in [-0.39, 0.29) is 41.8 Å². The van der Waals surface area contributed by atoms with Gasteiger partial charge in [0, 0.05) is 5.92 Å². The highest BCUT2D eigenvalue weighted by Gasteiger charge is 2.62. The van der Waals surface area contributed by atoms with Gasteiger partial charge in [-0.2, -0.15) is 13.2 Å². The van der Waals surface area contributed by atoms with Gasteiger partial charge >= 0.3 is 6.18 Å². The first kappa shape index (κ1) is 21.4. The van der Waals surface area contributed by atoms with E-state index < -0.39 is 11.8 Å². The Balaban J connectivity index is 1.30. The van der Waals surface area contributed by atoms with Crippen LogP contribution >= 0.6 is 0 Å². The Kier molecular flexibility index (Phi) is 5.03. The molecule has 4 fully saturated rings. The molecule has 31 heavy (non-hydrogen) atoms. The number of hydrogen-bond donors (Lipinski definition) is 2. The molecule has 4 aliphatic rings. The number of nitrogens with one attached hydrogen (secondary N) is 1. The smallest absolute Gasteiger partial charge is 0.380 e. The molecule has 0 amide bonds. The maximum atomic E-state index is 13.4. The standard InChI is InChI=1S/C23H32F3N3O2/c1-21-8-6-15-14-7-9-22(31,23(24,25)26)11-13(14)2-3-16(15)17(21)4-5-18(21)19(30)10-20-27-12-28-29-20/h12-18,31H,2-11H2,1H3,(H,27,28,29)/t13-,14-,15+,16+,17-,18+,21-,22+/m0/s1. The second kappa shape index (κ2) is 7.29. The first-order chi connectivity index (χ1) is 14.6. The van der Waals surface area contributed by atoms with Crippen molar-refractivity contribution in [2.75, 3.05) is 0 Å². The molecular formula is C23H32F3N3O2. The molecule has 0 unspecified atom stereocenters. The average Bonchev–Trinajstić information content (AvgIpc) is 3.33. The van der Waals surface area contributed by atoms with Crippen molar-refractivity contribution >= 4 is 5.78 Å². The molecule has 1 aromatic rings. The molecule has 5 nitrogen and oxygen atoms in total. The fraction of sp³-hybridized carbons (Fsp3) is 0.870. The van der Waals surface area contributed by atoms with E-state index in [1.807, 2.05) is 0 Å². The maximum absolute atomic E-state index is 13.4. The van der Waals surface area contributed by atoms with Crippen molar-refractivity contribution in [2.45, 2.75) is 82.9 Å². The summed E-state index contributed by atoms with van der Waals surface area (Å²) in [7, 11) is 0. The molecule has 5 rings (SSSR count). The molecule has 0 bridgehead atoms. The normalized spacial score (nSPS) is 44.9. The zero-order valence-corrected chi connectivity index (χ0v) is 18.0. The third kappa shape index (κ3) is 3.35. The Labute approximate surface area is 180 Å². The highest BCUT2D eigenvalue weighted by atomic mass is 19.4. The van der Waals surface area contributed by atoms with E-state index in [9.17, 15) is 23.1 Å². The third-order valence-electron chi connectivity index (χ3n) is 9.74. The summed E-state index contributed by atoms with van der Waals surface area (Å²) in [5.74, 6) is 2.55. The summed E-state index contributed by atoms with van der Waals surface area (Å²) in [4.78, 5) is 16.0. The van der Waals surface area contributed by atoms with Crippen LogP contribution in [0.1, 0.15) is 70.5 Å². The van der Waals surface area contributed by atoms with E-state index in [2.05, 4.69) is 22.1 Å². The number of carbonyl (C=O) groups is 1. The zero-order valence-electron chi connectivity index (χ0n) is 18.0. The highest BCUT2D eigenvalue weighted by Crippen LogP contribution is 2.65. The van der Waals surface area contributed by atoms with Crippen LogP contribution in [-0.4, -0.2) is 37.8 Å². The summed E-state index contributed by atoms with van der Waals surface area (Å²) >= 11 is 0. The van der Waals surface area contributed by atoms with Crippen LogP contribution in [0, 0.1) is 40.9 Å². The Morgan fingerprint density at radius 2 is 1.90 bits per heavy atom. The number of Topliss-reactive ketones (excluding diaryl/α,β-unsaturated/α-hetero) is 1. The van der Waals surface area contributed by atoms with Crippen LogP contribution in [0.3, 0.4) is 0 Å². The monoisotopic (exact) mass is 439 g/mol. The molecule has 4 saturated carbocycles. The first-order valence-electron chi connectivity index (χ1n) is 11.8. The molecule has 172 valence electrons. The molecule has 0 aliphatic heterocycles. The molecule has 1 heterocycles. The SMILES string of the molecule is C[C@]12CC[C@H]3[C@@H](CC[C@H]4C[C@@](O)(C(F)(F)F)CC[C@@H]43)[C@@H]1CC[C@@H]2C(=O)Cc1nnc[nH]1. The Hall–Kier alpha value is -1.44. The van der Waals surface area contributed by atoms with Crippen molar-refractivity contribution in [1.82, 2.24) is 15.2 Å². The second-order valence-corrected chi connectivity index (χ2v) is 11.0. The van der Waals surface area contributed by atoms with Crippen LogP contribution in [0.5, 0.6) is 0 Å². The van der Waals surface area contributed by atoms with Crippen LogP contribution in [0.25, 0.3) is 0 Å². The molecule has 8 heteroatoms. The zero-order chi connectivity index (χ0) is 22.0. The highest BCUT2D eigenvalue weighted by molar-refractivity contribution is 5.83. The van der Waals surface area contributed by atoms with E-state index in [1.54, 1.807) is 0 Å². The van der Waals surface area contributed by atoms with Crippen molar-refractivity contribution < 1.29 is 23.1 Å². The molecule has 0 aromatic carbocycles. The van der Waals surface area contributed by atoms with Crippen LogP contribution in [0.15, 0.2) is 6.33 Å². The minimum absolute atomic E-state index is 0.0213. The topological polar surface area (TPSA) is 78.9 Å². The molecular weight excluding hydrogens is 407 g/mol. The first-order valence-corrected chi connectivity index (χ1v) is 11.8. The minimum atomic E-state index is -4.54. The van der Waals surface area contributed by atoms with Gasteiger partial charge in [-0.25, -0.2) is 0 Å². The number of hydrogen-bond acceptors (Lipinski definition) is 4. The number of alkyl halides is 3. The number of halogens is 3. The van der Waals surface area contributed by atoms with Gasteiger partial charge in [0.25, 0.3) is 0 Å². The van der Waals surface area contributed by atoms with Crippen LogP contribution in [-0.2, 0) is 11.2 Å². The molecule has 1 aromatic heterocycles. The second-order valence-electron chi connectivity index (χ2n) is 11.0. The Morgan fingerprint density at radius 1 is 1.13 bits per heavy atom. The molecule has 0 saturated heterocycles. The largest absolute Gasteiger partial charge is 0.417 e. The van der Waals surface area contributed by atoms with Gasteiger partial charge in [0.1, 0.15) is 17.9 Å². The summed E-state index contributed by atoms with van der Waals surface area (Å²) in [6, 6.07) is 0. The van der Waals surface area contributed by atoms with Crippen molar-refractivity contribution in [1.29, 1.82) is 0 Å². The van der Waals surface area contributed by atoms with Gasteiger partial charge in [-0.05, 0) is 92.8 Å². The van der Waals surface area contributed by atoms with Crippen molar-refractivity contribution in [3.63, 3.8) is 0 Å². The van der Waals surface area contributed by atoms with Gasteiger partial charge in [0.2, 0.25) is 0 Å². The summed E-state index contributed by atoms with van der Waals surface area (Å²) in [6.07, 6.45) is 3.03. The van der Waals surface area contributed by atoms with Crippen LogP contribution < -0.4 is 0 Å². The van der Waals surface area contributed by atoms with Crippen molar-refractivity contribution in [3.8, 4) is 0 Å². The number of aromatic amines is 1. The van der Waals surface area contributed by atoms with Crippen LogP contribution in [0.2, 0.25) is 0 Å². The molecule has 0 spiro atoms. The maximum Gasteiger partial charge on any atom is 0.417 e. The molecule has 8 atom stereocenters. The van der Waals surface area contributed by atoms with Crippen LogP contribution in [0.4, 0.5) is 13.2 Å². The predicted molar refractivity (Wildman–Crippen MR) is 107 cm³/mol. The summed E-state index contributed by atoms with van der Waals surface area (Å²) in [6.45, 7) is 2.28. The van der Waals surface area contributed by atoms with E-state index >= 15 is 0 Å². The van der Waals surface area contributed by atoms with Gasteiger partial charge in [0.15, 0.2) is 5.60 Å². The predicted octanol–water partition coefficient (Wildman–Crippen LogP) is 4.48. The lowest BCUT2D eigenvalue weighted by Gasteiger charge is -2.57. The number of aliphatic hydroxyl groups is 1. The summed E-state index contributed by atoms with van der Waals surface area (Å²) in [5, 5.41) is 18.0. The van der Waals surface area contributed by atoms with E-state index in [1.165, 1.54) is 6.33 Å². The van der Waals surface area contributed by atoms with E-state index in [0.29, 0.717) is 36.4 Å². The number of ketones is 1. The Morgan fingerprint density at radius 3 is 2.61 bits per heavy atom. The lowest BCUT2D eigenvalue weighted by molar-refractivity contribution is -0.282. The molecule has 4 aliphatic carbocycles. The number of rotatable bonds is 3. The summed E-state index contributed by atoms with van der Waals surface area (Å²) < 4.78 is 40.2. The van der Waals surface area contributed by atoms with E-state index in [0.717, 1.165) is 38.5 Å². The minimum Gasteiger partial charge on any atom is -0.380 e. The quantitative estimate of drug-likeness (QED) is 0.728. The van der Waals surface area contributed by atoms with Gasteiger partial charge < -0.3 is 10.1 Å². The van der Waals surface area contributed by atoms with Crippen molar-refractivity contribution in [2.24, 2.45) is 40.9 Å². The molecule has 2 N–H and O–H groups in total. The molecule has 0 radical (unpaired) electrons. The average molecular weight is 440 g/mol. The fourth-order valence-electron chi connectivity index (χ4n) is 8.27. The number of H-pyrrole nitrogens is 1. The number of nitrogens with zero attached hydrogens (tertiary/aromatic N) is 2. The Bertz CT molecular complexity index is 829. The van der Waals surface area contributed by atoms with Gasteiger partial charge in [-0.15, -0.1) is 10.2 Å². The lowest BCUT2D eigenvalue weighted by Crippen LogP contribution is -2.55. The van der Waals surface area contributed by atoms with Crippen molar-refractivity contribution in [3.05, 3.63) is 12.2 Å². The fourth-order valence-corrected chi connectivity index (χ4v) is 8.27.